The number of nitrogens with two attached hydrogens (primary N) is 1. The molecule has 0 bridgehead atoms. The quantitative estimate of drug-likeness (QED) is 0.900. The normalized spacial score (nSPS) is 12.4. The van der Waals surface area contributed by atoms with Crippen molar-refractivity contribution in [1.29, 1.82) is 0 Å². The van der Waals surface area contributed by atoms with Gasteiger partial charge in [0.15, 0.2) is 0 Å². The van der Waals surface area contributed by atoms with Crippen LogP contribution in [0, 0.1) is 0 Å². The largest absolute Gasteiger partial charge is 0.497 e. The molecule has 0 fully saturated rings. The minimum Gasteiger partial charge on any atom is -0.497 e. The van der Waals surface area contributed by atoms with Gasteiger partial charge in [0.25, 0.3) is 0 Å². The molecule has 1 heterocycles. The molecule has 2 rings (SSSR count). The summed E-state index contributed by atoms with van der Waals surface area (Å²) < 4.78 is 7.06. The first-order valence-corrected chi connectivity index (χ1v) is 6.14. The average molecular weight is 245 g/mol. The van der Waals surface area contributed by atoms with E-state index in [9.17, 15) is 0 Å². The molecule has 0 amide bonds. The van der Waals surface area contributed by atoms with Crippen LogP contribution in [-0.4, -0.2) is 16.9 Å². The second-order valence-corrected chi connectivity index (χ2v) is 4.40. The van der Waals surface area contributed by atoms with E-state index in [0.29, 0.717) is 11.7 Å². The molecular weight excluding hydrogens is 226 g/mol. The molecule has 0 aliphatic heterocycles. The third-order valence-corrected chi connectivity index (χ3v) is 3.17. The van der Waals surface area contributed by atoms with Gasteiger partial charge >= 0.3 is 0 Å². The lowest BCUT2D eigenvalue weighted by Gasteiger charge is -2.07. The van der Waals surface area contributed by atoms with Crippen LogP contribution in [0.15, 0.2) is 30.5 Å². The van der Waals surface area contributed by atoms with E-state index < -0.39 is 0 Å². The van der Waals surface area contributed by atoms with Gasteiger partial charge in [-0.15, -0.1) is 0 Å². The Morgan fingerprint density at radius 1 is 1.33 bits per heavy atom. The highest BCUT2D eigenvalue weighted by Crippen LogP contribution is 2.27. The Bertz CT molecular complexity index is 516. The predicted molar refractivity (Wildman–Crippen MR) is 73.6 cm³/mol. The summed E-state index contributed by atoms with van der Waals surface area (Å²) in [5.41, 5.74) is 8.57. The Hall–Kier alpha value is -1.97. The maximum atomic E-state index is 6.02. The second kappa shape index (κ2) is 5.12. The third kappa shape index (κ3) is 2.32. The highest BCUT2D eigenvalue weighted by Gasteiger charge is 2.11. The molecule has 0 aliphatic carbocycles. The fraction of sp³-hybridized carbons (Fsp3) is 0.357. The molecule has 0 spiro atoms. The first-order chi connectivity index (χ1) is 8.65. The van der Waals surface area contributed by atoms with Gasteiger partial charge in [-0.3, -0.25) is 4.68 Å². The molecule has 0 radical (unpaired) electrons. The molecule has 96 valence electrons. The van der Waals surface area contributed by atoms with Crippen LogP contribution in [0.4, 0.5) is 5.69 Å². The molecule has 1 unspecified atom stereocenters. The zero-order valence-corrected chi connectivity index (χ0v) is 11.1. The predicted octanol–water partition coefficient (Wildman–Crippen LogP) is 3.11. The molecule has 2 aromatic rings. The van der Waals surface area contributed by atoms with Crippen LogP contribution in [0.25, 0.3) is 11.3 Å². The van der Waals surface area contributed by atoms with Crippen LogP contribution < -0.4 is 10.5 Å². The number of hydrogen-bond donors (Lipinski definition) is 1. The molecule has 18 heavy (non-hydrogen) atoms. The van der Waals surface area contributed by atoms with Crippen molar-refractivity contribution in [2.24, 2.45) is 0 Å². The van der Waals surface area contributed by atoms with Gasteiger partial charge in [0, 0.05) is 17.8 Å². The Kier molecular flexibility index (Phi) is 3.55. The minimum absolute atomic E-state index is 0.360. The number of hydrogen-bond acceptors (Lipinski definition) is 3. The number of nitrogens with zero attached hydrogens (tertiary/aromatic N) is 2. The number of rotatable bonds is 4. The Labute approximate surface area is 107 Å². The van der Waals surface area contributed by atoms with Crippen LogP contribution >= 0.6 is 0 Å². The van der Waals surface area contributed by atoms with E-state index in [1.165, 1.54) is 0 Å². The molecule has 4 heteroatoms. The van der Waals surface area contributed by atoms with E-state index >= 15 is 0 Å². The molecule has 0 saturated heterocycles. The maximum absolute atomic E-state index is 6.02. The SMILES string of the molecule is CCC(C)n1cc(N)c(-c2ccc(OC)cc2)n1. The molecule has 1 aromatic carbocycles. The van der Waals surface area contributed by atoms with Gasteiger partial charge < -0.3 is 10.5 Å². The lowest BCUT2D eigenvalue weighted by atomic mass is 10.1. The third-order valence-electron chi connectivity index (χ3n) is 3.17. The van der Waals surface area contributed by atoms with Crippen molar-refractivity contribution in [3.8, 4) is 17.0 Å². The zero-order chi connectivity index (χ0) is 13.1. The molecule has 4 nitrogen and oxygen atoms in total. The fourth-order valence-electron chi connectivity index (χ4n) is 1.79. The summed E-state index contributed by atoms with van der Waals surface area (Å²) in [5, 5.41) is 4.56. The number of nitrogen functional groups attached to an aromatic ring is 1. The van der Waals surface area contributed by atoms with Crippen LogP contribution in [0.3, 0.4) is 0 Å². The van der Waals surface area contributed by atoms with Gasteiger partial charge in [-0.25, -0.2) is 0 Å². The topological polar surface area (TPSA) is 53.1 Å². The van der Waals surface area contributed by atoms with Crippen molar-refractivity contribution in [3.63, 3.8) is 0 Å². The van der Waals surface area contributed by atoms with Crippen molar-refractivity contribution in [2.75, 3.05) is 12.8 Å². The van der Waals surface area contributed by atoms with Gasteiger partial charge in [0.2, 0.25) is 0 Å². The monoisotopic (exact) mass is 245 g/mol. The molecule has 0 saturated carbocycles. The summed E-state index contributed by atoms with van der Waals surface area (Å²) in [6, 6.07) is 8.13. The molecule has 2 N–H and O–H groups in total. The summed E-state index contributed by atoms with van der Waals surface area (Å²) in [6.45, 7) is 4.26. The average Bonchev–Trinajstić information content (AvgIpc) is 2.80. The van der Waals surface area contributed by atoms with E-state index in [-0.39, 0.29) is 0 Å². The number of ether oxygens (including phenoxy) is 1. The van der Waals surface area contributed by atoms with Gasteiger partial charge in [0.1, 0.15) is 11.4 Å². The van der Waals surface area contributed by atoms with Gasteiger partial charge in [-0.1, -0.05) is 6.92 Å². The number of aromatic nitrogens is 2. The van der Waals surface area contributed by atoms with Crippen molar-refractivity contribution in [2.45, 2.75) is 26.3 Å². The molecule has 1 aromatic heterocycles. The zero-order valence-electron chi connectivity index (χ0n) is 11.1. The summed E-state index contributed by atoms with van der Waals surface area (Å²) >= 11 is 0. The van der Waals surface area contributed by atoms with Crippen LogP contribution in [-0.2, 0) is 0 Å². The van der Waals surface area contributed by atoms with E-state index in [0.717, 1.165) is 23.4 Å². The molecular formula is C14H19N3O. The smallest absolute Gasteiger partial charge is 0.118 e. The molecule has 0 aliphatic rings. The van der Waals surface area contributed by atoms with Crippen molar-refractivity contribution in [1.82, 2.24) is 9.78 Å². The highest BCUT2D eigenvalue weighted by atomic mass is 16.5. The van der Waals surface area contributed by atoms with Crippen molar-refractivity contribution < 1.29 is 4.74 Å². The van der Waals surface area contributed by atoms with Gasteiger partial charge in [-0.2, -0.15) is 5.10 Å². The van der Waals surface area contributed by atoms with E-state index in [1.807, 2.05) is 35.1 Å². The Balaban J connectivity index is 2.34. The minimum atomic E-state index is 0.360. The first-order valence-electron chi connectivity index (χ1n) is 6.14. The Morgan fingerprint density at radius 2 is 2.00 bits per heavy atom. The van der Waals surface area contributed by atoms with Crippen LogP contribution in [0.5, 0.6) is 5.75 Å². The Morgan fingerprint density at radius 3 is 2.56 bits per heavy atom. The number of anilines is 1. The van der Waals surface area contributed by atoms with E-state index in [2.05, 4.69) is 18.9 Å². The standard InChI is InChI=1S/C14H19N3O/c1-4-10(2)17-9-13(15)14(16-17)11-5-7-12(18-3)8-6-11/h5-10H,4,15H2,1-3H3. The maximum Gasteiger partial charge on any atom is 0.118 e. The first kappa shape index (κ1) is 12.5. The van der Waals surface area contributed by atoms with Crippen LogP contribution in [0.2, 0.25) is 0 Å². The number of methoxy groups -OCH3 is 1. The lowest BCUT2D eigenvalue weighted by molar-refractivity contribution is 0.415. The summed E-state index contributed by atoms with van der Waals surface area (Å²) in [6.07, 6.45) is 2.93. The summed E-state index contributed by atoms with van der Waals surface area (Å²) in [5.74, 6) is 0.832. The second-order valence-electron chi connectivity index (χ2n) is 4.40. The highest BCUT2D eigenvalue weighted by molar-refractivity contribution is 5.72. The van der Waals surface area contributed by atoms with Crippen LogP contribution in [0.1, 0.15) is 26.3 Å². The fourth-order valence-corrected chi connectivity index (χ4v) is 1.79. The van der Waals surface area contributed by atoms with Gasteiger partial charge in [0.05, 0.1) is 12.8 Å². The van der Waals surface area contributed by atoms with Crippen molar-refractivity contribution >= 4 is 5.69 Å². The molecule has 1 atom stereocenters. The lowest BCUT2D eigenvalue weighted by Crippen LogP contribution is -2.04. The van der Waals surface area contributed by atoms with E-state index in [4.69, 9.17) is 10.5 Å². The van der Waals surface area contributed by atoms with Crippen molar-refractivity contribution in [3.05, 3.63) is 30.5 Å². The summed E-state index contributed by atoms with van der Waals surface area (Å²) in [4.78, 5) is 0. The number of benzene rings is 1. The van der Waals surface area contributed by atoms with E-state index in [1.54, 1.807) is 7.11 Å². The summed E-state index contributed by atoms with van der Waals surface area (Å²) in [7, 11) is 1.65. The van der Waals surface area contributed by atoms with Gasteiger partial charge in [-0.05, 0) is 37.6 Å².